The van der Waals surface area contributed by atoms with Crippen molar-refractivity contribution < 1.29 is 14.3 Å². The van der Waals surface area contributed by atoms with Crippen LogP contribution in [-0.4, -0.2) is 31.6 Å². The van der Waals surface area contributed by atoms with Crippen LogP contribution in [0.2, 0.25) is 5.02 Å². The molecule has 0 N–H and O–H groups in total. The average molecular weight is 320 g/mol. The Hall–Kier alpha value is -2.20. The van der Waals surface area contributed by atoms with Gasteiger partial charge >= 0.3 is 0 Å². The van der Waals surface area contributed by atoms with Crippen molar-refractivity contribution in [1.82, 2.24) is 4.90 Å². The van der Waals surface area contributed by atoms with E-state index in [1.54, 1.807) is 31.2 Å². The molecule has 0 spiro atoms. The number of halogens is 1. The molecule has 0 aromatic heterocycles. The molecule has 0 saturated carbocycles. The van der Waals surface area contributed by atoms with Crippen LogP contribution in [0.1, 0.15) is 5.56 Å². The van der Waals surface area contributed by atoms with Crippen LogP contribution in [0.3, 0.4) is 0 Å². The van der Waals surface area contributed by atoms with Crippen molar-refractivity contribution in [1.29, 1.82) is 0 Å². The smallest absolute Gasteiger partial charge is 0.260 e. The summed E-state index contributed by atoms with van der Waals surface area (Å²) in [7, 11) is 3.35. The molecule has 2 aromatic carbocycles. The standard InChI is InChI=1S/C17H18ClNO3/c1-19(11-13-6-5-7-14(10-13)21-2)17(20)12-22-16-9-4-3-8-15(16)18/h3-10H,11-12H2,1-2H3. The number of benzene rings is 2. The zero-order valence-corrected chi connectivity index (χ0v) is 13.3. The Kier molecular flexibility index (Phi) is 5.67. The maximum absolute atomic E-state index is 12.1. The van der Waals surface area contributed by atoms with Crippen molar-refractivity contribution >= 4 is 17.5 Å². The summed E-state index contributed by atoms with van der Waals surface area (Å²) in [6.45, 7) is 0.437. The molecule has 0 atom stereocenters. The molecule has 2 rings (SSSR count). The molecule has 0 aliphatic rings. The van der Waals surface area contributed by atoms with Crippen molar-refractivity contribution in [2.45, 2.75) is 6.54 Å². The van der Waals surface area contributed by atoms with Gasteiger partial charge in [-0.25, -0.2) is 0 Å². The summed E-state index contributed by atoms with van der Waals surface area (Å²) in [5.74, 6) is 1.15. The van der Waals surface area contributed by atoms with Gasteiger partial charge in [0.2, 0.25) is 0 Å². The number of hydrogen-bond acceptors (Lipinski definition) is 3. The third kappa shape index (κ3) is 4.40. The van der Waals surface area contributed by atoms with Crippen molar-refractivity contribution in [3.05, 3.63) is 59.1 Å². The van der Waals surface area contributed by atoms with Crippen molar-refractivity contribution in [3.8, 4) is 11.5 Å². The van der Waals surface area contributed by atoms with Gasteiger partial charge in [-0.3, -0.25) is 4.79 Å². The molecular formula is C17H18ClNO3. The summed E-state index contributed by atoms with van der Waals surface area (Å²) in [5, 5.41) is 0.491. The lowest BCUT2D eigenvalue weighted by atomic mass is 10.2. The Morgan fingerprint density at radius 1 is 1.18 bits per heavy atom. The first-order chi connectivity index (χ1) is 10.6. The highest BCUT2D eigenvalue weighted by Crippen LogP contribution is 2.23. The van der Waals surface area contributed by atoms with E-state index in [1.807, 2.05) is 36.4 Å². The Morgan fingerprint density at radius 3 is 2.68 bits per heavy atom. The Morgan fingerprint density at radius 2 is 1.95 bits per heavy atom. The average Bonchev–Trinajstić information content (AvgIpc) is 2.54. The highest BCUT2D eigenvalue weighted by atomic mass is 35.5. The topological polar surface area (TPSA) is 38.8 Å². The Bertz CT molecular complexity index is 645. The largest absolute Gasteiger partial charge is 0.497 e. The summed E-state index contributed by atoms with van der Waals surface area (Å²) >= 11 is 5.99. The van der Waals surface area contributed by atoms with Gasteiger partial charge in [0.25, 0.3) is 5.91 Å². The third-order valence-electron chi connectivity index (χ3n) is 3.17. The lowest BCUT2D eigenvalue weighted by molar-refractivity contribution is -0.132. The summed E-state index contributed by atoms with van der Waals surface area (Å²) in [5.41, 5.74) is 0.993. The predicted molar refractivity (Wildman–Crippen MR) is 86.4 cm³/mol. The quantitative estimate of drug-likeness (QED) is 0.819. The number of nitrogens with zero attached hydrogens (tertiary/aromatic N) is 1. The lowest BCUT2D eigenvalue weighted by Crippen LogP contribution is -2.31. The molecule has 0 fully saturated rings. The second-order valence-electron chi connectivity index (χ2n) is 4.82. The van der Waals surface area contributed by atoms with Crippen LogP contribution in [0, 0.1) is 0 Å². The fourth-order valence-electron chi connectivity index (χ4n) is 1.94. The first-order valence-corrected chi connectivity index (χ1v) is 7.22. The second kappa shape index (κ2) is 7.71. The van der Waals surface area contributed by atoms with Gasteiger partial charge in [-0.15, -0.1) is 0 Å². The van der Waals surface area contributed by atoms with E-state index in [4.69, 9.17) is 21.1 Å². The van der Waals surface area contributed by atoms with E-state index in [9.17, 15) is 4.79 Å². The summed E-state index contributed by atoms with van der Waals surface area (Å²) in [6.07, 6.45) is 0. The summed E-state index contributed by atoms with van der Waals surface area (Å²) in [6, 6.07) is 14.7. The fraction of sp³-hybridized carbons (Fsp3) is 0.235. The molecule has 22 heavy (non-hydrogen) atoms. The first kappa shape index (κ1) is 16.2. The van der Waals surface area contributed by atoms with E-state index < -0.39 is 0 Å². The van der Waals surface area contributed by atoms with Gasteiger partial charge in [0.1, 0.15) is 11.5 Å². The Labute approximate surface area is 135 Å². The highest BCUT2D eigenvalue weighted by Gasteiger charge is 2.11. The van der Waals surface area contributed by atoms with Crippen LogP contribution in [-0.2, 0) is 11.3 Å². The highest BCUT2D eigenvalue weighted by molar-refractivity contribution is 6.32. The van der Waals surface area contributed by atoms with Crippen molar-refractivity contribution in [2.75, 3.05) is 20.8 Å². The van der Waals surface area contributed by atoms with Crippen molar-refractivity contribution in [2.24, 2.45) is 0 Å². The molecule has 5 heteroatoms. The zero-order chi connectivity index (χ0) is 15.9. The Balaban J connectivity index is 1.90. The molecule has 0 radical (unpaired) electrons. The number of carbonyl (C=O) groups excluding carboxylic acids is 1. The van der Waals surface area contributed by atoms with Gasteiger partial charge in [-0.1, -0.05) is 35.9 Å². The zero-order valence-electron chi connectivity index (χ0n) is 12.6. The van der Waals surface area contributed by atoms with Crippen LogP contribution < -0.4 is 9.47 Å². The van der Waals surface area contributed by atoms with Crippen LogP contribution in [0.15, 0.2) is 48.5 Å². The normalized spacial score (nSPS) is 10.1. The lowest BCUT2D eigenvalue weighted by Gasteiger charge is -2.18. The van der Waals surface area contributed by atoms with Crippen LogP contribution in [0.25, 0.3) is 0 Å². The number of hydrogen-bond donors (Lipinski definition) is 0. The van der Waals surface area contributed by atoms with Crippen LogP contribution in [0.5, 0.6) is 11.5 Å². The molecular weight excluding hydrogens is 302 g/mol. The molecule has 0 aliphatic heterocycles. The molecule has 1 amide bonds. The van der Waals surface area contributed by atoms with Gasteiger partial charge in [-0.05, 0) is 29.8 Å². The second-order valence-corrected chi connectivity index (χ2v) is 5.23. The van der Waals surface area contributed by atoms with E-state index >= 15 is 0 Å². The predicted octanol–water partition coefficient (Wildman–Crippen LogP) is 3.39. The van der Waals surface area contributed by atoms with Gasteiger partial charge in [-0.2, -0.15) is 0 Å². The molecule has 0 bridgehead atoms. The molecule has 0 heterocycles. The van der Waals surface area contributed by atoms with Crippen LogP contribution >= 0.6 is 11.6 Å². The van der Waals surface area contributed by atoms with Gasteiger partial charge < -0.3 is 14.4 Å². The molecule has 4 nitrogen and oxygen atoms in total. The maximum atomic E-state index is 12.1. The molecule has 0 aliphatic carbocycles. The number of methoxy groups -OCH3 is 1. The maximum Gasteiger partial charge on any atom is 0.260 e. The number of carbonyl (C=O) groups is 1. The number of amides is 1. The number of ether oxygens (including phenoxy) is 2. The monoisotopic (exact) mass is 319 g/mol. The van der Waals surface area contributed by atoms with Gasteiger partial charge in [0, 0.05) is 13.6 Å². The van der Waals surface area contributed by atoms with E-state index in [0.29, 0.717) is 17.3 Å². The minimum atomic E-state index is -0.122. The van der Waals surface area contributed by atoms with Crippen LogP contribution in [0.4, 0.5) is 0 Å². The van der Waals surface area contributed by atoms with Gasteiger partial charge in [0.15, 0.2) is 6.61 Å². The summed E-state index contributed by atoms with van der Waals surface area (Å²) < 4.78 is 10.6. The van der Waals surface area contributed by atoms with E-state index in [2.05, 4.69) is 0 Å². The minimum absolute atomic E-state index is 0.0514. The number of rotatable bonds is 6. The molecule has 116 valence electrons. The van der Waals surface area contributed by atoms with Crippen molar-refractivity contribution in [3.63, 3.8) is 0 Å². The molecule has 0 saturated heterocycles. The fourth-order valence-corrected chi connectivity index (χ4v) is 2.13. The van der Waals surface area contributed by atoms with E-state index in [-0.39, 0.29) is 12.5 Å². The molecule has 0 unspecified atom stereocenters. The minimum Gasteiger partial charge on any atom is -0.497 e. The number of likely N-dealkylation sites (N-methyl/N-ethyl adjacent to an activating group) is 1. The summed E-state index contributed by atoms with van der Waals surface area (Å²) in [4.78, 5) is 13.7. The third-order valence-corrected chi connectivity index (χ3v) is 3.48. The molecule has 2 aromatic rings. The number of para-hydroxylation sites is 1. The SMILES string of the molecule is COc1cccc(CN(C)C(=O)COc2ccccc2Cl)c1. The van der Waals surface area contributed by atoms with Gasteiger partial charge in [0.05, 0.1) is 12.1 Å². The van der Waals surface area contributed by atoms with E-state index in [0.717, 1.165) is 11.3 Å². The van der Waals surface area contributed by atoms with E-state index in [1.165, 1.54) is 0 Å². The first-order valence-electron chi connectivity index (χ1n) is 6.84.